The van der Waals surface area contributed by atoms with Gasteiger partial charge in [-0.25, -0.2) is 0 Å². The molecule has 2 nitrogen and oxygen atoms in total. The summed E-state index contributed by atoms with van der Waals surface area (Å²) in [5.41, 5.74) is 0. The number of alkyl halides is 3. The minimum Gasteiger partial charge on any atom is -0.469 e. The van der Waals surface area contributed by atoms with E-state index in [0.717, 1.165) is 0 Å². The number of ether oxygens (including phenoxy) is 1. The Balaban J connectivity index is 2.51. The standard InChI is InChI=1S/C9H7Cl5O2/c1-16-7(15)4-2-3-5(10)6(11)8(4,12)9(3,13)14/h3-4H,2H2,1H3/t3-,4+,8-/m0/s1. The maximum atomic E-state index is 11.6. The van der Waals surface area contributed by atoms with Crippen molar-refractivity contribution in [3.05, 3.63) is 10.1 Å². The first-order valence-corrected chi connectivity index (χ1v) is 6.37. The molecule has 0 aromatic carbocycles. The van der Waals surface area contributed by atoms with Gasteiger partial charge in [-0.3, -0.25) is 4.79 Å². The van der Waals surface area contributed by atoms with Gasteiger partial charge in [-0.05, 0) is 6.42 Å². The maximum Gasteiger partial charge on any atom is 0.310 e. The predicted octanol–water partition coefficient (Wildman–Crippen LogP) is 3.65. The molecule has 0 aromatic rings. The molecule has 16 heavy (non-hydrogen) atoms. The van der Waals surface area contributed by atoms with Gasteiger partial charge in [0.25, 0.3) is 0 Å². The number of halogens is 5. The van der Waals surface area contributed by atoms with E-state index < -0.39 is 27.0 Å². The first kappa shape index (κ1) is 13.1. The fraction of sp³-hybridized carbons (Fsp3) is 0.667. The Morgan fingerprint density at radius 1 is 1.38 bits per heavy atom. The number of hydrogen-bond acceptors (Lipinski definition) is 2. The molecule has 1 fully saturated rings. The third-order valence-corrected chi connectivity index (χ3v) is 6.41. The minimum absolute atomic E-state index is 0.146. The number of carbonyl (C=O) groups is 1. The van der Waals surface area contributed by atoms with Crippen LogP contribution < -0.4 is 0 Å². The molecule has 7 heteroatoms. The van der Waals surface area contributed by atoms with E-state index in [1.165, 1.54) is 7.11 Å². The zero-order valence-electron chi connectivity index (χ0n) is 8.07. The third kappa shape index (κ3) is 1.31. The van der Waals surface area contributed by atoms with Gasteiger partial charge in [0.15, 0.2) is 4.33 Å². The van der Waals surface area contributed by atoms with Crippen molar-refractivity contribution in [2.24, 2.45) is 11.8 Å². The first-order chi connectivity index (χ1) is 7.28. The van der Waals surface area contributed by atoms with Crippen LogP contribution in [0.2, 0.25) is 0 Å². The van der Waals surface area contributed by atoms with Crippen LogP contribution in [0.5, 0.6) is 0 Å². The summed E-state index contributed by atoms with van der Waals surface area (Å²) in [5, 5.41) is 0.481. The van der Waals surface area contributed by atoms with Crippen LogP contribution in [-0.2, 0) is 9.53 Å². The van der Waals surface area contributed by atoms with Crippen LogP contribution in [-0.4, -0.2) is 22.3 Å². The topological polar surface area (TPSA) is 26.3 Å². The van der Waals surface area contributed by atoms with Crippen LogP contribution in [0.3, 0.4) is 0 Å². The average Bonchev–Trinajstić information content (AvgIpc) is 2.51. The summed E-state index contributed by atoms with van der Waals surface area (Å²) in [5.74, 6) is -1.58. The molecule has 90 valence electrons. The lowest BCUT2D eigenvalue weighted by Gasteiger charge is -2.31. The van der Waals surface area contributed by atoms with Gasteiger partial charge < -0.3 is 4.74 Å². The van der Waals surface area contributed by atoms with Gasteiger partial charge in [0.05, 0.1) is 18.1 Å². The van der Waals surface area contributed by atoms with E-state index >= 15 is 0 Å². The van der Waals surface area contributed by atoms with Crippen molar-refractivity contribution in [3.63, 3.8) is 0 Å². The lowest BCUT2D eigenvalue weighted by molar-refractivity contribution is -0.145. The fourth-order valence-electron chi connectivity index (χ4n) is 2.32. The summed E-state index contributed by atoms with van der Waals surface area (Å²) in [6, 6.07) is 0. The molecule has 0 saturated heterocycles. The highest BCUT2D eigenvalue weighted by Crippen LogP contribution is 2.70. The molecule has 0 aromatic heterocycles. The molecular formula is C9H7Cl5O2. The molecular weight excluding hydrogens is 317 g/mol. The van der Waals surface area contributed by atoms with Crippen molar-refractivity contribution in [1.29, 1.82) is 0 Å². The van der Waals surface area contributed by atoms with E-state index in [9.17, 15) is 4.79 Å². The van der Waals surface area contributed by atoms with Gasteiger partial charge in [0.2, 0.25) is 0 Å². The van der Waals surface area contributed by atoms with E-state index in [1.807, 2.05) is 0 Å². The highest BCUT2D eigenvalue weighted by atomic mass is 35.5. The summed E-state index contributed by atoms with van der Waals surface area (Å²) < 4.78 is 3.29. The van der Waals surface area contributed by atoms with E-state index in [4.69, 9.17) is 58.0 Å². The molecule has 0 unspecified atom stereocenters. The summed E-state index contributed by atoms with van der Waals surface area (Å²) in [6.45, 7) is 0. The molecule has 0 spiro atoms. The molecule has 2 aliphatic rings. The summed E-state index contributed by atoms with van der Waals surface area (Å²) >= 11 is 30.7. The van der Waals surface area contributed by atoms with Crippen molar-refractivity contribution in [1.82, 2.24) is 0 Å². The SMILES string of the molecule is COC(=O)[C@H]1C[C@H]2C(Cl)=C(Cl)[C@]1(Cl)C2(Cl)Cl. The number of methoxy groups -OCH3 is 1. The maximum absolute atomic E-state index is 11.6. The molecule has 1 saturated carbocycles. The monoisotopic (exact) mass is 322 g/mol. The molecule has 0 amide bonds. The molecule has 0 aliphatic heterocycles. The summed E-state index contributed by atoms with van der Waals surface area (Å²) in [7, 11) is 1.28. The van der Waals surface area contributed by atoms with Crippen LogP contribution in [0.4, 0.5) is 0 Å². The first-order valence-electron chi connectivity index (χ1n) is 4.48. The van der Waals surface area contributed by atoms with Gasteiger partial charge in [-0.15, -0.1) is 11.6 Å². The van der Waals surface area contributed by atoms with E-state index in [0.29, 0.717) is 11.5 Å². The zero-order chi connectivity index (χ0) is 12.3. The van der Waals surface area contributed by atoms with Crippen molar-refractivity contribution in [2.75, 3.05) is 7.11 Å². The second kappa shape index (κ2) is 3.83. The highest BCUT2D eigenvalue weighted by Gasteiger charge is 2.73. The van der Waals surface area contributed by atoms with Crippen LogP contribution >= 0.6 is 58.0 Å². The van der Waals surface area contributed by atoms with Crippen LogP contribution in [0.15, 0.2) is 10.1 Å². The Hall–Kier alpha value is 0.660. The average molecular weight is 324 g/mol. The number of fused-ring (bicyclic) bond motifs is 2. The van der Waals surface area contributed by atoms with Crippen molar-refractivity contribution in [2.45, 2.75) is 15.6 Å². The normalized spacial score (nSPS) is 40.4. The quantitative estimate of drug-likeness (QED) is 0.544. The minimum atomic E-state index is -1.38. The van der Waals surface area contributed by atoms with Crippen molar-refractivity contribution >= 4 is 64.0 Å². The number of esters is 1. The largest absolute Gasteiger partial charge is 0.469 e. The lowest BCUT2D eigenvalue weighted by atomic mass is 9.92. The predicted molar refractivity (Wildman–Crippen MR) is 65.4 cm³/mol. The summed E-state index contributed by atoms with van der Waals surface area (Å²) in [6.07, 6.45) is 0.345. The van der Waals surface area contributed by atoms with Gasteiger partial charge in [0.1, 0.15) is 4.87 Å². The van der Waals surface area contributed by atoms with Gasteiger partial charge in [-0.1, -0.05) is 46.4 Å². The Morgan fingerprint density at radius 2 is 1.94 bits per heavy atom. The Bertz CT molecular complexity index is 391. The Kier molecular flexibility index (Phi) is 3.13. The van der Waals surface area contributed by atoms with E-state index in [2.05, 4.69) is 4.74 Å². The van der Waals surface area contributed by atoms with Crippen molar-refractivity contribution < 1.29 is 9.53 Å². The van der Waals surface area contributed by atoms with Crippen molar-refractivity contribution in [3.8, 4) is 0 Å². The molecule has 3 atom stereocenters. The second-order valence-electron chi connectivity index (χ2n) is 3.86. The molecule has 0 N–H and O–H groups in total. The molecule has 0 radical (unpaired) electrons. The smallest absolute Gasteiger partial charge is 0.310 e. The molecule has 2 rings (SSSR count). The number of rotatable bonds is 1. The Labute approximate surface area is 118 Å². The molecule has 2 bridgehead atoms. The zero-order valence-corrected chi connectivity index (χ0v) is 11.8. The Morgan fingerprint density at radius 3 is 2.31 bits per heavy atom. The van der Waals surface area contributed by atoms with Crippen LogP contribution in [0.1, 0.15) is 6.42 Å². The number of carbonyl (C=O) groups excluding carboxylic acids is 1. The summed E-state index contributed by atoms with van der Waals surface area (Å²) in [4.78, 5) is 10.2. The van der Waals surface area contributed by atoms with E-state index in [1.54, 1.807) is 0 Å². The van der Waals surface area contributed by atoms with E-state index in [-0.39, 0.29) is 5.03 Å². The number of hydrogen-bond donors (Lipinski definition) is 0. The lowest BCUT2D eigenvalue weighted by Crippen LogP contribution is -2.43. The third-order valence-electron chi connectivity index (χ3n) is 3.20. The fourth-order valence-corrected chi connectivity index (χ4v) is 4.65. The van der Waals surface area contributed by atoms with Gasteiger partial charge >= 0.3 is 5.97 Å². The van der Waals surface area contributed by atoms with Gasteiger partial charge in [-0.2, -0.15) is 0 Å². The van der Waals surface area contributed by atoms with Crippen LogP contribution in [0, 0.1) is 11.8 Å². The molecule has 2 aliphatic carbocycles. The highest BCUT2D eigenvalue weighted by molar-refractivity contribution is 6.60. The second-order valence-corrected chi connectivity index (χ2v) is 6.63. The van der Waals surface area contributed by atoms with Gasteiger partial charge in [0, 0.05) is 11.0 Å². The van der Waals surface area contributed by atoms with Crippen LogP contribution in [0.25, 0.3) is 0 Å². The molecule has 0 heterocycles. The number of allylic oxidation sites excluding steroid dienone is 2.